The molecule has 0 saturated carbocycles. The molecule has 0 spiro atoms. The number of carbonyl (C=O) groups is 1. The topological polar surface area (TPSA) is 133 Å². The average molecular weight is 926 g/mol. The second kappa shape index (κ2) is 20.5. The normalized spacial score (nSPS) is 14.8. The second-order valence-electron chi connectivity index (χ2n) is 18.4. The third kappa shape index (κ3) is 10.0. The van der Waals surface area contributed by atoms with Gasteiger partial charge >= 0.3 is 0 Å². The van der Waals surface area contributed by atoms with Crippen molar-refractivity contribution >= 4 is 45.1 Å². The highest BCUT2D eigenvalue weighted by atomic mass is 35.5. The fraction of sp³-hybridized carbons (Fsp3) is 0.259. The van der Waals surface area contributed by atoms with Gasteiger partial charge in [0.2, 0.25) is 0 Å². The van der Waals surface area contributed by atoms with Crippen LogP contribution in [0.1, 0.15) is 82.7 Å². The van der Waals surface area contributed by atoms with Crippen LogP contribution in [0.25, 0.3) is 33.0 Å². The molecule has 0 aliphatic carbocycles. The number of phenols is 1. The van der Waals surface area contributed by atoms with Crippen LogP contribution in [-0.4, -0.2) is 47.1 Å². The molecule has 68 heavy (non-hydrogen) atoms. The van der Waals surface area contributed by atoms with Crippen molar-refractivity contribution in [3.63, 3.8) is 0 Å². The van der Waals surface area contributed by atoms with Crippen LogP contribution in [0.15, 0.2) is 160 Å². The van der Waals surface area contributed by atoms with E-state index in [1.54, 1.807) is 36.4 Å². The number of rotatable bonds is 15. The van der Waals surface area contributed by atoms with Crippen molar-refractivity contribution in [2.45, 2.75) is 58.4 Å². The summed E-state index contributed by atoms with van der Waals surface area (Å²) in [4.78, 5) is 52.3. The summed E-state index contributed by atoms with van der Waals surface area (Å²) >= 11 is 6.55. The molecule has 0 bridgehead atoms. The Balaban J connectivity index is 1.09. The molecule has 4 N–H and O–H groups in total. The maximum Gasteiger partial charge on any atom is 0.254 e. The maximum absolute atomic E-state index is 15.0. The van der Waals surface area contributed by atoms with Gasteiger partial charge in [-0.2, -0.15) is 0 Å². The molecular weight excluding hydrogens is 868 g/mol. The number of amides is 1. The number of hydrogen-bond acceptors (Lipinski definition) is 7. The molecule has 2 unspecified atom stereocenters. The van der Waals surface area contributed by atoms with E-state index in [2.05, 4.69) is 22.9 Å². The van der Waals surface area contributed by atoms with Crippen molar-refractivity contribution in [1.82, 2.24) is 9.88 Å². The first-order valence-corrected chi connectivity index (χ1v) is 24.1. The summed E-state index contributed by atoms with van der Waals surface area (Å²) in [6.07, 6.45) is 4.02. The van der Waals surface area contributed by atoms with Crippen LogP contribution in [0.2, 0.25) is 5.02 Å². The summed E-state index contributed by atoms with van der Waals surface area (Å²) in [7, 11) is 0. The SMILES string of the molecule is Cc1ccc(C(=O)N(CCCN)[C@@H](c2oc3cc(Cl)ccc3c(=O)c2Cc2ccccc2)C(C)CC2CCCN(c3ccc4[nH]c(Cc5ccccc5)c(-c5cccc(O)c5)c(=O)c4c3)C2)cc1. The number of aryl methyl sites for hydroxylation is 1. The number of fused-ring (bicyclic) bond motifs is 2. The smallest absolute Gasteiger partial charge is 0.254 e. The first kappa shape index (κ1) is 46.2. The minimum Gasteiger partial charge on any atom is -0.508 e. The van der Waals surface area contributed by atoms with Gasteiger partial charge in [0.1, 0.15) is 17.1 Å². The van der Waals surface area contributed by atoms with Gasteiger partial charge in [-0.3, -0.25) is 14.4 Å². The number of aromatic nitrogens is 1. The number of benzene rings is 6. The van der Waals surface area contributed by atoms with E-state index in [4.69, 9.17) is 21.8 Å². The summed E-state index contributed by atoms with van der Waals surface area (Å²) in [5.74, 6) is 0.441. The number of nitrogens with zero attached hydrogens (tertiary/aromatic N) is 2. The molecule has 1 amide bonds. The summed E-state index contributed by atoms with van der Waals surface area (Å²) in [6, 6.07) is 45.0. The van der Waals surface area contributed by atoms with E-state index in [-0.39, 0.29) is 34.4 Å². The van der Waals surface area contributed by atoms with Crippen LogP contribution in [0.3, 0.4) is 0 Å². The molecule has 6 aromatic carbocycles. The van der Waals surface area contributed by atoms with E-state index in [0.717, 1.165) is 65.9 Å². The molecule has 9 rings (SSSR count). The molecule has 9 nitrogen and oxygen atoms in total. The van der Waals surface area contributed by atoms with E-state index in [9.17, 15) is 19.5 Å². The van der Waals surface area contributed by atoms with E-state index in [1.807, 2.05) is 115 Å². The molecule has 8 aromatic rings. The van der Waals surface area contributed by atoms with Crippen LogP contribution in [-0.2, 0) is 12.8 Å². The number of halogens is 1. The molecule has 1 aliphatic rings. The minimum absolute atomic E-state index is 0.0950. The highest BCUT2D eigenvalue weighted by molar-refractivity contribution is 6.31. The molecule has 1 fully saturated rings. The molecule has 3 heterocycles. The Bertz CT molecular complexity index is 3190. The zero-order chi connectivity index (χ0) is 47.3. The number of nitrogens with one attached hydrogen (secondary N) is 1. The predicted molar refractivity (Wildman–Crippen MR) is 275 cm³/mol. The Morgan fingerprint density at radius 2 is 1.59 bits per heavy atom. The lowest BCUT2D eigenvalue weighted by Crippen LogP contribution is -2.42. The average Bonchev–Trinajstić information content (AvgIpc) is 3.34. The van der Waals surface area contributed by atoms with E-state index in [1.165, 1.54) is 0 Å². The number of aromatic amines is 1. The monoisotopic (exact) mass is 924 g/mol. The first-order valence-electron chi connectivity index (χ1n) is 23.7. The van der Waals surface area contributed by atoms with Gasteiger partial charge in [-0.05, 0) is 122 Å². The van der Waals surface area contributed by atoms with E-state index < -0.39 is 6.04 Å². The van der Waals surface area contributed by atoms with Gasteiger partial charge in [0, 0.05) is 82.5 Å². The Hall–Kier alpha value is -6.94. The number of aromatic hydroxyl groups is 1. The Labute approximate surface area is 401 Å². The van der Waals surface area contributed by atoms with E-state index >= 15 is 0 Å². The number of phenolic OH excluding ortho intramolecular Hbond substituents is 1. The fourth-order valence-corrected chi connectivity index (χ4v) is 10.4. The number of pyridine rings is 1. The zero-order valence-corrected chi connectivity index (χ0v) is 39.3. The van der Waals surface area contributed by atoms with Gasteiger partial charge in [-0.25, -0.2) is 0 Å². The molecule has 1 aliphatic heterocycles. The number of nitrogens with two attached hydrogens (primary N) is 1. The van der Waals surface area contributed by atoms with Crippen molar-refractivity contribution in [2.75, 3.05) is 31.1 Å². The number of carbonyl (C=O) groups excluding carboxylic acids is 1. The number of anilines is 1. The third-order valence-electron chi connectivity index (χ3n) is 13.5. The lowest BCUT2D eigenvalue weighted by Gasteiger charge is -2.40. The largest absolute Gasteiger partial charge is 0.508 e. The van der Waals surface area contributed by atoms with Crippen molar-refractivity contribution in [2.24, 2.45) is 17.6 Å². The third-order valence-corrected chi connectivity index (χ3v) is 13.8. The second-order valence-corrected chi connectivity index (χ2v) is 18.9. The first-order chi connectivity index (χ1) is 33.0. The van der Waals surface area contributed by atoms with Gasteiger partial charge in [0.15, 0.2) is 10.9 Å². The highest BCUT2D eigenvalue weighted by Gasteiger charge is 2.37. The van der Waals surface area contributed by atoms with E-state index in [0.29, 0.717) is 81.7 Å². The molecular formula is C58H57ClN4O5. The van der Waals surface area contributed by atoms with Gasteiger partial charge in [0.05, 0.1) is 11.4 Å². The lowest BCUT2D eigenvalue weighted by atomic mass is 9.82. The van der Waals surface area contributed by atoms with Crippen molar-refractivity contribution in [3.05, 3.63) is 210 Å². The molecule has 346 valence electrons. The van der Waals surface area contributed by atoms with Gasteiger partial charge < -0.3 is 30.0 Å². The minimum atomic E-state index is -0.624. The number of piperidine rings is 1. The van der Waals surface area contributed by atoms with Crippen LogP contribution in [0, 0.1) is 18.8 Å². The maximum atomic E-state index is 15.0. The summed E-state index contributed by atoms with van der Waals surface area (Å²) < 4.78 is 6.93. The standard InChI is InChI=1S/C58H57ClN4O5/c1-37-19-21-42(22-20-37)58(67)63(29-11-27-60)54(57-49(31-39-12-5-3-6-13-39)55(65)47-25-23-44(59)34-52(47)68-57)38(2)30-41-16-10-28-62(36-41)45-24-26-50-48(35-45)56(66)53(43-17-9-18-46(64)33-43)51(61-50)32-40-14-7-4-8-15-40/h3-9,12-15,17-26,33-35,38,41,54,64H,10-11,16,27-32,36,60H2,1-2H3,(H,61,66)/t38?,41?,54-/m1/s1. The Kier molecular flexibility index (Phi) is 13.9. The quantitative estimate of drug-likeness (QED) is 0.0932. The van der Waals surface area contributed by atoms with Crippen LogP contribution < -0.4 is 21.5 Å². The zero-order valence-electron chi connectivity index (χ0n) is 38.6. The van der Waals surface area contributed by atoms with Crippen molar-refractivity contribution in [1.29, 1.82) is 0 Å². The molecule has 0 radical (unpaired) electrons. The number of hydrogen-bond donors (Lipinski definition) is 3. The lowest BCUT2D eigenvalue weighted by molar-refractivity contribution is 0.0548. The Morgan fingerprint density at radius 3 is 2.31 bits per heavy atom. The fourth-order valence-electron chi connectivity index (χ4n) is 10.2. The van der Waals surface area contributed by atoms with Gasteiger partial charge in [-0.1, -0.05) is 109 Å². The predicted octanol–water partition coefficient (Wildman–Crippen LogP) is 11.6. The molecule has 10 heteroatoms. The van der Waals surface area contributed by atoms with Crippen molar-refractivity contribution < 1.29 is 14.3 Å². The Morgan fingerprint density at radius 1 is 0.853 bits per heavy atom. The van der Waals surface area contributed by atoms with Crippen LogP contribution >= 0.6 is 11.6 Å². The van der Waals surface area contributed by atoms with Crippen LogP contribution in [0.4, 0.5) is 5.69 Å². The van der Waals surface area contributed by atoms with Gasteiger partial charge in [-0.15, -0.1) is 0 Å². The van der Waals surface area contributed by atoms with Crippen molar-refractivity contribution in [3.8, 4) is 16.9 Å². The van der Waals surface area contributed by atoms with Crippen LogP contribution in [0.5, 0.6) is 5.75 Å². The summed E-state index contributed by atoms with van der Waals surface area (Å²) in [5, 5.41) is 12.0. The van der Waals surface area contributed by atoms with Gasteiger partial charge in [0.25, 0.3) is 5.91 Å². The summed E-state index contributed by atoms with van der Waals surface area (Å²) in [5.41, 5.74) is 14.1. The molecule has 2 aromatic heterocycles. The molecule has 3 atom stereocenters. The summed E-state index contributed by atoms with van der Waals surface area (Å²) in [6.45, 7) is 6.45. The number of H-pyrrole nitrogens is 1. The highest BCUT2D eigenvalue weighted by Crippen LogP contribution is 2.40. The molecule has 1 saturated heterocycles.